The molecule has 0 saturated carbocycles. The van der Waals surface area contributed by atoms with E-state index in [-0.39, 0.29) is 11.9 Å². The van der Waals surface area contributed by atoms with E-state index in [9.17, 15) is 4.79 Å². The van der Waals surface area contributed by atoms with Crippen molar-refractivity contribution in [3.05, 3.63) is 12.2 Å². The van der Waals surface area contributed by atoms with Crippen molar-refractivity contribution in [2.75, 3.05) is 6.61 Å². The predicted octanol–water partition coefficient (Wildman–Crippen LogP) is 11.9. The van der Waals surface area contributed by atoms with Gasteiger partial charge in [-0.2, -0.15) is 0 Å². The van der Waals surface area contributed by atoms with Crippen LogP contribution >= 0.6 is 0 Å². The summed E-state index contributed by atoms with van der Waals surface area (Å²) >= 11 is 0. The molecule has 0 aromatic heterocycles. The fourth-order valence-corrected chi connectivity index (χ4v) is 5.01. The normalized spacial score (nSPS) is 12.4. The van der Waals surface area contributed by atoms with Crippen LogP contribution in [0.4, 0.5) is 0 Å². The zero-order valence-electron chi connectivity index (χ0n) is 25.1. The summed E-state index contributed by atoms with van der Waals surface area (Å²) in [5, 5.41) is 0. The van der Waals surface area contributed by atoms with E-state index in [0.29, 0.717) is 6.61 Å². The standard InChI is InChI=1S/C34H66O2/c1-4-7-10-13-16-17-18-19-20-21-22-23-25-28-31-33(30-27-24-14-11-8-5-2)34(35)36-32-29-26-15-12-9-6-3/h19-20,33H,4-18,21-32H2,1-3H3/b20-19-. The molecule has 2 nitrogen and oxygen atoms in total. The highest BCUT2D eigenvalue weighted by atomic mass is 16.5. The molecule has 214 valence electrons. The van der Waals surface area contributed by atoms with Crippen molar-refractivity contribution in [2.45, 2.75) is 188 Å². The third-order valence-corrected chi connectivity index (χ3v) is 7.55. The molecule has 1 unspecified atom stereocenters. The lowest BCUT2D eigenvalue weighted by atomic mass is 9.94. The zero-order chi connectivity index (χ0) is 26.4. The third kappa shape index (κ3) is 26.3. The summed E-state index contributed by atoms with van der Waals surface area (Å²) < 4.78 is 5.73. The third-order valence-electron chi connectivity index (χ3n) is 7.55. The van der Waals surface area contributed by atoms with E-state index < -0.39 is 0 Å². The maximum Gasteiger partial charge on any atom is 0.308 e. The number of carbonyl (C=O) groups excluding carboxylic acids is 1. The SMILES string of the molecule is CCCCCCCC/C=C\CCCCCCC(CCCCCCCC)C(=O)OCCCCCCCC. The Kier molecular flexibility index (Phi) is 29.8. The molecule has 0 aromatic carbocycles. The second kappa shape index (κ2) is 30.4. The van der Waals surface area contributed by atoms with Gasteiger partial charge in [0.05, 0.1) is 12.5 Å². The minimum atomic E-state index is 0.0924. The van der Waals surface area contributed by atoms with E-state index in [4.69, 9.17) is 4.74 Å². The van der Waals surface area contributed by atoms with Gasteiger partial charge in [0.2, 0.25) is 0 Å². The van der Waals surface area contributed by atoms with Gasteiger partial charge in [-0.05, 0) is 44.9 Å². The molecule has 0 fully saturated rings. The van der Waals surface area contributed by atoms with Gasteiger partial charge in [0, 0.05) is 0 Å². The van der Waals surface area contributed by atoms with Crippen LogP contribution in [-0.4, -0.2) is 12.6 Å². The highest BCUT2D eigenvalue weighted by molar-refractivity contribution is 5.72. The van der Waals surface area contributed by atoms with Crippen molar-refractivity contribution in [1.29, 1.82) is 0 Å². The summed E-state index contributed by atoms with van der Waals surface area (Å²) in [5.41, 5.74) is 0. The largest absolute Gasteiger partial charge is 0.465 e. The quantitative estimate of drug-likeness (QED) is 0.0572. The topological polar surface area (TPSA) is 26.3 Å². The molecule has 0 aliphatic rings. The first-order chi connectivity index (χ1) is 17.8. The molecule has 2 heteroatoms. The monoisotopic (exact) mass is 507 g/mol. The molecule has 0 N–H and O–H groups in total. The van der Waals surface area contributed by atoms with Gasteiger partial charge in [-0.3, -0.25) is 4.79 Å². The summed E-state index contributed by atoms with van der Waals surface area (Å²) in [6, 6.07) is 0. The zero-order valence-corrected chi connectivity index (χ0v) is 25.1. The smallest absolute Gasteiger partial charge is 0.308 e. The van der Waals surface area contributed by atoms with Gasteiger partial charge in [0.1, 0.15) is 0 Å². The molecule has 0 bridgehead atoms. The first-order valence-electron chi connectivity index (χ1n) is 16.6. The average molecular weight is 507 g/mol. The van der Waals surface area contributed by atoms with Crippen LogP contribution in [0.25, 0.3) is 0 Å². The average Bonchev–Trinajstić information content (AvgIpc) is 2.88. The molecule has 0 rings (SSSR count). The summed E-state index contributed by atoms with van der Waals surface area (Å²) in [4.78, 5) is 12.8. The van der Waals surface area contributed by atoms with Crippen LogP contribution in [0.1, 0.15) is 188 Å². The van der Waals surface area contributed by atoms with Gasteiger partial charge in [0.25, 0.3) is 0 Å². The van der Waals surface area contributed by atoms with Gasteiger partial charge >= 0.3 is 5.97 Å². The molecular formula is C34H66O2. The van der Waals surface area contributed by atoms with Crippen LogP contribution in [0.3, 0.4) is 0 Å². The van der Waals surface area contributed by atoms with Crippen LogP contribution in [0.2, 0.25) is 0 Å². The van der Waals surface area contributed by atoms with E-state index in [0.717, 1.165) is 19.3 Å². The molecule has 0 aliphatic heterocycles. The molecule has 0 aliphatic carbocycles. The molecule has 0 heterocycles. The second-order valence-corrected chi connectivity index (χ2v) is 11.2. The Balaban J connectivity index is 3.97. The molecule has 0 amide bonds. The number of ether oxygens (including phenoxy) is 1. The molecule has 36 heavy (non-hydrogen) atoms. The van der Waals surface area contributed by atoms with E-state index in [1.165, 1.54) is 148 Å². The lowest BCUT2D eigenvalue weighted by molar-refractivity contribution is -0.149. The number of allylic oxidation sites excluding steroid dienone is 2. The van der Waals surface area contributed by atoms with Crippen molar-refractivity contribution >= 4 is 5.97 Å². The van der Waals surface area contributed by atoms with Crippen LogP contribution < -0.4 is 0 Å². The lowest BCUT2D eigenvalue weighted by Crippen LogP contribution is -2.18. The van der Waals surface area contributed by atoms with Crippen LogP contribution in [0.5, 0.6) is 0 Å². The molecule has 0 aromatic rings. The highest BCUT2D eigenvalue weighted by Crippen LogP contribution is 2.21. The number of hydrogen-bond donors (Lipinski definition) is 0. The fraction of sp³-hybridized carbons (Fsp3) is 0.912. The van der Waals surface area contributed by atoms with Gasteiger partial charge < -0.3 is 4.74 Å². The van der Waals surface area contributed by atoms with E-state index >= 15 is 0 Å². The summed E-state index contributed by atoms with van der Waals surface area (Å²) in [5.74, 6) is 0.225. The second-order valence-electron chi connectivity index (χ2n) is 11.2. The maximum absolute atomic E-state index is 12.8. The van der Waals surface area contributed by atoms with Crippen LogP contribution in [0, 0.1) is 5.92 Å². The Morgan fingerprint density at radius 3 is 1.31 bits per heavy atom. The number of esters is 1. The molecular weight excluding hydrogens is 440 g/mol. The van der Waals surface area contributed by atoms with Crippen molar-refractivity contribution in [3.63, 3.8) is 0 Å². The molecule has 0 saturated heterocycles. The number of unbranched alkanes of at least 4 members (excludes halogenated alkanes) is 20. The summed E-state index contributed by atoms with van der Waals surface area (Å²) in [6.45, 7) is 7.43. The number of hydrogen-bond acceptors (Lipinski definition) is 2. The highest BCUT2D eigenvalue weighted by Gasteiger charge is 2.19. The Morgan fingerprint density at radius 2 is 0.861 bits per heavy atom. The van der Waals surface area contributed by atoms with Crippen LogP contribution in [0.15, 0.2) is 12.2 Å². The molecule has 1 atom stereocenters. The first-order valence-corrected chi connectivity index (χ1v) is 16.6. The first kappa shape index (κ1) is 35.2. The van der Waals surface area contributed by atoms with E-state index in [1.807, 2.05) is 0 Å². The maximum atomic E-state index is 12.8. The van der Waals surface area contributed by atoms with Crippen LogP contribution in [-0.2, 0) is 9.53 Å². The molecule has 0 spiro atoms. The Morgan fingerprint density at radius 1 is 0.500 bits per heavy atom. The van der Waals surface area contributed by atoms with Gasteiger partial charge in [0.15, 0.2) is 0 Å². The van der Waals surface area contributed by atoms with Gasteiger partial charge in [-0.1, -0.05) is 155 Å². The van der Waals surface area contributed by atoms with Crippen molar-refractivity contribution in [1.82, 2.24) is 0 Å². The van der Waals surface area contributed by atoms with E-state index in [1.54, 1.807) is 0 Å². The lowest BCUT2D eigenvalue weighted by Gasteiger charge is -2.16. The van der Waals surface area contributed by atoms with E-state index in [2.05, 4.69) is 32.9 Å². The number of rotatable bonds is 29. The van der Waals surface area contributed by atoms with Crippen molar-refractivity contribution in [3.8, 4) is 0 Å². The number of carbonyl (C=O) groups is 1. The molecule has 0 radical (unpaired) electrons. The predicted molar refractivity (Wildman–Crippen MR) is 161 cm³/mol. The fourth-order valence-electron chi connectivity index (χ4n) is 5.01. The van der Waals surface area contributed by atoms with Gasteiger partial charge in [-0.25, -0.2) is 0 Å². The minimum absolute atomic E-state index is 0.0924. The minimum Gasteiger partial charge on any atom is -0.465 e. The summed E-state index contributed by atoms with van der Waals surface area (Å²) in [6.07, 6.45) is 37.8. The summed E-state index contributed by atoms with van der Waals surface area (Å²) in [7, 11) is 0. The Bertz CT molecular complexity index is 456. The Hall–Kier alpha value is -0.790. The Labute approximate surface area is 227 Å². The van der Waals surface area contributed by atoms with Gasteiger partial charge in [-0.15, -0.1) is 0 Å². The van der Waals surface area contributed by atoms with Crippen molar-refractivity contribution in [2.24, 2.45) is 5.92 Å². The van der Waals surface area contributed by atoms with Crippen molar-refractivity contribution < 1.29 is 9.53 Å².